The zero-order chi connectivity index (χ0) is 42.0. The zero-order valence-electron chi connectivity index (χ0n) is 34.3. The van der Waals surface area contributed by atoms with Crippen LogP contribution in [0.5, 0.6) is 5.75 Å². The number of methoxy groups -OCH3 is 1. The fourth-order valence-electron chi connectivity index (χ4n) is 5.96. The monoisotopic (exact) mass is 835 g/mol. The van der Waals surface area contributed by atoms with E-state index < -0.39 is 59.7 Å². The molecular formula is C41H62ClN5O9S. The second kappa shape index (κ2) is 25.1. The van der Waals surface area contributed by atoms with Gasteiger partial charge in [0.1, 0.15) is 17.8 Å². The molecule has 7 N–H and O–H groups in total. The van der Waals surface area contributed by atoms with E-state index in [1.807, 2.05) is 46.9 Å². The number of nitrogens with one attached hydrogen (secondary N) is 2. The van der Waals surface area contributed by atoms with Crippen LogP contribution in [-0.2, 0) is 51.7 Å². The molecule has 0 radical (unpaired) electrons. The summed E-state index contributed by atoms with van der Waals surface area (Å²) in [5.74, 6) is -2.81. The number of hydrogen-bond acceptors (Lipinski definition) is 11. The van der Waals surface area contributed by atoms with Gasteiger partial charge in [-0.15, -0.1) is 12.4 Å². The SMILES string of the molecule is COC(=O)CCCCCN(C(=O)CNC(=O)[C@@H](CCSC)NC(=O)[C@@H](N)Cc1ccc(O)cc1)[C@@H](Cc1cccc(C(C)(C)C)c1C(=O)OCC(C)C)C(N)=O.Cl. The maximum Gasteiger partial charge on any atom is 0.338 e. The van der Waals surface area contributed by atoms with Crippen LogP contribution >= 0.6 is 24.2 Å². The summed E-state index contributed by atoms with van der Waals surface area (Å²) >= 11 is 1.48. The van der Waals surface area contributed by atoms with Gasteiger partial charge in [-0.3, -0.25) is 24.0 Å². The van der Waals surface area contributed by atoms with Crippen molar-refractivity contribution in [2.45, 2.75) is 103 Å². The Balaban J connectivity index is 0.0000162. The molecule has 4 amide bonds. The summed E-state index contributed by atoms with van der Waals surface area (Å²) in [4.78, 5) is 80.4. The van der Waals surface area contributed by atoms with Crippen molar-refractivity contribution in [2.75, 3.05) is 38.8 Å². The summed E-state index contributed by atoms with van der Waals surface area (Å²) in [5, 5.41) is 14.9. The Kier molecular flexibility index (Phi) is 22.3. The summed E-state index contributed by atoms with van der Waals surface area (Å²) in [6.45, 7) is 9.47. The first kappa shape index (κ1) is 50.7. The standard InChI is InChI=1S/C41H61N5O9S.ClH/c1-26(2)25-55-40(53)36-28(12-11-13-30(36)41(3,4)5)23-33(37(43)50)46(20-10-8-9-14-35(49)54-6)34(48)24-44-39(52)32(19-21-56-7)45-38(51)31(42)22-27-15-17-29(47)18-16-27;/h11-13,15-18,26,31-33,47H,8-10,14,19-25,42H2,1-7H3,(H2,43,50)(H,44,52)(H,45,51);1H/t31-,32+,33-;/m0./s1. The summed E-state index contributed by atoms with van der Waals surface area (Å²) < 4.78 is 10.4. The number of nitrogens with zero attached hydrogens (tertiary/aromatic N) is 1. The summed E-state index contributed by atoms with van der Waals surface area (Å²) in [7, 11) is 1.30. The Morgan fingerprint density at radius 3 is 2.19 bits per heavy atom. The lowest BCUT2D eigenvalue weighted by Crippen LogP contribution is -2.55. The molecule has 318 valence electrons. The van der Waals surface area contributed by atoms with E-state index in [1.54, 1.807) is 24.3 Å². The van der Waals surface area contributed by atoms with Crippen molar-refractivity contribution >= 4 is 59.7 Å². The van der Waals surface area contributed by atoms with Crippen LogP contribution in [0.25, 0.3) is 0 Å². The number of esters is 2. The number of primary amides is 1. The quantitative estimate of drug-likeness (QED) is 0.0801. The van der Waals surface area contributed by atoms with Gasteiger partial charge in [-0.05, 0) is 77.8 Å². The minimum Gasteiger partial charge on any atom is -0.508 e. The third-order valence-electron chi connectivity index (χ3n) is 9.04. The van der Waals surface area contributed by atoms with Gasteiger partial charge >= 0.3 is 11.9 Å². The molecule has 2 rings (SSSR count). The first-order valence-corrected chi connectivity index (χ1v) is 20.3. The van der Waals surface area contributed by atoms with Crippen LogP contribution in [0.1, 0.15) is 93.8 Å². The molecule has 0 heterocycles. The molecule has 57 heavy (non-hydrogen) atoms. The maximum atomic E-state index is 14.0. The van der Waals surface area contributed by atoms with E-state index >= 15 is 0 Å². The molecule has 0 spiro atoms. The molecule has 3 atom stereocenters. The molecule has 14 nitrogen and oxygen atoms in total. The normalized spacial score (nSPS) is 12.7. The average Bonchev–Trinajstić information content (AvgIpc) is 3.15. The van der Waals surface area contributed by atoms with Crippen LogP contribution in [0.15, 0.2) is 42.5 Å². The first-order chi connectivity index (χ1) is 26.4. The van der Waals surface area contributed by atoms with Crippen molar-refractivity contribution in [3.8, 4) is 5.75 Å². The van der Waals surface area contributed by atoms with Crippen molar-refractivity contribution in [3.63, 3.8) is 0 Å². The van der Waals surface area contributed by atoms with Crippen LogP contribution in [0, 0.1) is 5.92 Å². The number of nitrogens with two attached hydrogens (primary N) is 2. The number of carbonyl (C=O) groups is 6. The Bertz CT molecular complexity index is 1640. The molecule has 0 fully saturated rings. The minimum absolute atomic E-state index is 0. The zero-order valence-corrected chi connectivity index (χ0v) is 35.9. The predicted octanol–water partition coefficient (Wildman–Crippen LogP) is 3.81. The maximum absolute atomic E-state index is 14.0. The molecular weight excluding hydrogens is 774 g/mol. The number of amides is 4. The van der Waals surface area contributed by atoms with Crippen LogP contribution in [0.2, 0.25) is 0 Å². The number of unbranched alkanes of at least 4 members (excludes halogenated alkanes) is 2. The molecule has 0 saturated carbocycles. The molecule has 0 aliphatic heterocycles. The molecule has 0 aromatic heterocycles. The molecule has 0 aliphatic carbocycles. The van der Waals surface area contributed by atoms with Gasteiger partial charge in [0.2, 0.25) is 23.6 Å². The van der Waals surface area contributed by atoms with Gasteiger partial charge in [0, 0.05) is 19.4 Å². The highest BCUT2D eigenvalue weighted by Gasteiger charge is 2.33. The second-order valence-electron chi connectivity index (χ2n) is 15.2. The number of benzene rings is 2. The van der Waals surface area contributed by atoms with E-state index in [0.29, 0.717) is 41.7 Å². The topological polar surface area (TPSA) is 220 Å². The van der Waals surface area contributed by atoms with E-state index in [4.69, 9.17) is 20.9 Å². The third kappa shape index (κ3) is 17.4. The van der Waals surface area contributed by atoms with Gasteiger partial charge < -0.3 is 41.6 Å². The van der Waals surface area contributed by atoms with Gasteiger partial charge in [0.15, 0.2) is 0 Å². The lowest BCUT2D eigenvalue weighted by atomic mass is 9.81. The highest BCUT2D eigenvalue weighted by atomic mass is 35.5. The Labute approximate surface area is 347 Å². The minimum atomic E-state index is -1.21. The third-order valence-corrected chi connectivity index (χ3v) is 9.69. The fourth-order valence-corrected chi connectivity index (χ4v) is 6.43. The fraction of sp³-hybridized carbons (Fsp3) is 0.561. The lowest BCUT2D eigenvalue weighted by molar-refractivity contribution is -0.141. The van der Waals surface area contributed by atoms with Gasteiger partial charge in [-0.1, -0.05) is 71.4 Å². The summed E-state index contributed by atoms with van der Waals surface area (Å²) in [5.41, 5.74) is 13.9. The van der Waals surface area contributed by atoms with Gasteiger partial charge in [-0.2, -0.15) is 11.8 Å². The number of aromatic hydroxyl groups is 1. The van der Waals surface area contributed by atoms with Crippen molar-refractivity contribution in [1.29, 1.82) is 0 Å². The first-order valence-electron chi connectivity index (χ1n) is 18.9. The van der Waals surface area contributed by atoms with Crippen molar-refractivity contribution in [1.82, 2.24) is 15.5 Å². The number of thioether (sulfide) groups is 1. The molecule has 16 heteroatoms. The van der Waals surface area contributed by atoms with Crippen LogP contribution in [0.4, 0.5) is 0 Å². The Hall–Kier alpha value is -4.34. The summed E-state index contributed by atoms with van der Waals surface area (Å²) in [6, 6.07) is 8.41. The second-order valence-corrected chi connectivity index (χ2v) is 16.2. The summed E-state index contributed by atoms with van der Waals surface area (Å²) in [6.07, 6.45) is 3.77. The number of carbonyl (C=O) groups excluding carboxylic acids is 6. The number of rotatable bonds is 23. The van der Waals surface area contributed by atoms with E-state index in [-0.39, 0.29) is 68.9 Å². The van der Waals surface area contributed by atoms with Crippen LogP contribution in [0.3, 0.4) is 0 Å². The average molecular weight is 836 g/mol. The van der Waals surface area contributed by atoms with Gasteiger partial charge in [0.25, 0.3) is 0 Å². The van der Waals surface area contributed by atoms with E-state index in [0.717, 1.165) is 5.56 Å². The van der Waals surface area contributed by atoms with Crippen LogP contribution < -0.4 is 22.1 Å². The highest BCUT2D eigenvalue weighted by molar-refractivity contribution is 7.98. The number of hydrogen-bond donors (Lipinski definition) is 5. The smallest absolute Gasteiger partial charge is 0.338 e. The number of halogens is 1. The number of phenols is 1. The van der Waals surface area contributed by atoms with Gasteiger partial charge in [-0.25, -0.2) is 4.79 Å². The Morgan fingerprint density at radius 1 is 0.947 bits per heavy atom. The lowest BCUT2D eigenvalue weighted by Gasteiger charge is -2.32. The molecule has 2 aromatic carbocycles. The Morgan fingerprint density at radius 2 is 1.61 bits per heavy atom. The highest BCUT2D eigenvalue weighted by Crippen LogP contribution is 2.30. The predicted molar refractivity (Wildman–Crippen MR) is 224 cm³/mol. The van der Waals surface area contributed by atoms with E-state index in [9.17, 15) is 33.9 Å². The molecule has 0 unspecified atom stereocenters. The van der Waals surface area contributed by atoms with E-state index in [1.165, 1.54) is 35.9 Å². The number of phenolic OH excluding ortho intramolecular Hbond substituents is 1. The largest absolute Gasteiger partial charge is 0.508 e. The van der Waals surface area contributed by atoms with Gasteiger partial charge in [0.05, 0.1) is 31.9 Å². The van der Waals surface area contributed by atoms with Crippen molar-refractivity contribution < 1.29 is 43.3 Å². The molecule has 0 aliphatic rings. The van der Waals surface area contributed by atoms with Crippen molar-refractivity contribution in [2.24, 2.45) is 17.4 Å². The van der Waals surface area contributed by atoms with Crippen molar-refractivity contribution in [3.05, 3.63) is 64.7 Å². The molecule has 2 aromatic rings. The molecule has 0 saturated heterocycles. The molecule has 0 bridgehead atoms. The van der Waals surface area contributed by atoms with E-state index in [2.05, 4.69) is 10.6 Å². The van der Waals surface area contributed by atoms with Crippen LogP contribution in [-0.4, -0.2) is 103 Å². The number of ether oxygens (including phenoxy) is 2.